The standard InChI is InChI=1S/C22H33N3O6/c1-22(2,3)31-21(29)23(4)10-13-6-5-9-24(11-13)16(26)12-25-19(27)17-14-7-8-15(30-14)18(17)20(25)28/h13-15,17-18H,5-12H2,1-4H3/t13-,14+,15+,17-,18-/m0/s1. The van der Waals surface area contributed by atoms with Crippen molar-refractivity contribution >= 4 is 23.8 Å². The van der Waals surface area contributed by atoms with Crippen molar-refractivity contribution in [1.29, 1.82) is 0 Å². The van der Waals surface area contributed by atoms with Gasteiger partial charge in [0.1, 0.15) is 12.1 Å². The monoisotopic (exact) mass is 435 g/mol. The molecule has 5 atom stereocenters. The fraction of sp³-hybridized carbons (Fsp3) is 0.818. The summed E-state index contributed by atoms with van der Waals surface area (Å²) in [4.78, 5) is 55.2. The highest BCUT2D eigenvalue weighted by Gasteiger charge is 2.62. The number of ether oxygens (including phenoxy) is 2. The first-order valence-electron chi connectivity index (χ1n) is 11.3. The Morgan fingerprint density at radius 3 is 2.29 bits per heavy atom. The Labute approximate surface area is 183 Å². The molecule has 0 aliphatic carbocycles. The zero-order chi connectivity index (χ0) is 22.5. The van der Waals surface area contributed by atoms with E-state index >= 15 is 0 Å². The van der Waals surface area contributed by atoms with Gasteiger partial charge in [-0.2, -0.15) is 0 Å². The third kappa shape index (κ3) is 4.29. The summed E-state index contributed by atoms with van der Waals surface area (Å²) in [5.41, 5.74) is -0.558. The second-order valence-corrected chi connectivity index (χ2v) is 10.3. The van der Waals surface area contributed by atoms with Gasteiger partial charge in [-0.05, 0) is 52.4 Å². The van der Waals surface area contributed by atoms with Crippen molar-refractivity contribution in [2.75, 3.05) is 33.2 Å². The molecule has 4 fully saturated rings. The first kappa shape index (κ1) is 22.0. The molecule has 172 valence electrons. The summed E-state index contributed by atoms with van der Waals surface area (Å²) in [5, 5.41) is 0. The molecule has 4 saturated heterocycles. The van der Waals surface area contributed by atoms with Crippen LogP contribution in [0.2, 0.25) is 0 Å². The molecule has 4 amide bonds. The Morgan fingerprint density at radius 1 is 1.10 bits per heavy atom. The highest BCUT2D eigenvalue weighted by molar-refractivity contribution is 6.08. The van der Waals surface area contributed by atoms with E-state index in [0.29, 0.717) is 19.6 Å². The average molecular weight is 436 g/mol. The van der Waals surface area contributed by atoms with E-state index < -0.39 is 17.4 Å². The summed E-state index contributed by atoms with van der Waals surface area (Å²) in [5.74, 6) is -1.41. The Kier molecular flexibility index (Phi) is 5.74. The van der Waals surface area contributed by atoms with E-state index in [1.54, 1.807) is 16.8 Å². The third-order valence-electron chi connectivity index (χ3n) is 6.78. The largest absolute Gasteiger partial charge is 0.444 e. The maximum Gasteiger partial charge on any atom is 0.410 e. The molecule has 0 spiro atoms. The second-order valence-electron chi connectivity index (χ2n) is 10.3. The lowest BCUT2D eigenvalue weighted by atomic mass is 9.81. The molecule has 0 N–H and O–H groups in total. The highest BCUT2D eigenvalue weighted by atomic mass is 16.6. The van der Waals surface area contributed by atoms with Crippen molar-refractivity contribution in [3.05, 3.63) is 0 Å². The SMILES string of the molecule is CN(C[C@@H]1CCCN(C(=O)CN2C(=O)[C@@H]3[C@@H](C2=O)[C@H]2CC[C@H]3O2)C1)C(=O)OC(C)(C)C. The van der Waals surface area contributed by atoms with Gasteiger partial charge < -0.3 is 19.3 Å². The molecular formula is C22H33N3O6. The zero-order valence-corrected chi connectivity index (χ0v) is 18.8. The van der Waals surface area contributed by atoms with Gasteiger partial charge in [0, 0.05) is 26.7 Å². The Bertz CT molecular complexity index is 750. The predicted octanol–water partition coefficient (Wildman–Crippen LogP) is 1.25. The molecule has 4 aliphatic heterocycles. The number of rotatable bonds is 4. The Balaban J connectivity index is 1.32. The van der Waals surface area contributed by atoms with Crippen molar-refractivity contribution in [3.8, 4) is 0 Å². The molecule has 31 heavy (non-hydrogen) atoms. The topological polar surface area (TPSA) is 96.5 Å². The van der Waals surface area contributed by atoms with Gasteiger partial charge in [0.25, 0.3) is 0 Å². The number of carbonyl (C=O) groups is 4. The van der Waals surface area contributed by atoms with Crippen molar-refractivity contribution < 1.29 is 28.7 Å². The van der Waals surface area contributed by atoms with Gasteiger partial charge >= 0.3 is 6.09 Å². The number of carbonyl (C=O) groups excluding carboxylic acids is 4. The van der Waals surface area contributed by atoms with Crippen LogP contribution in [0.1, 0.15) is 46.5 Å². The van der Waals surface area contributed by atoms with Crippen molar-refractivity contribution in [3.63, 3.8) is 0 Å². The van der Waals surface area contributed by atoms with Crippen molar-refractivity contribution in [2.45, 2.75) is 64.3 Å². The van der Waals surface area contributed by atoms with Gasteiger partial charge in [-0.3, -0.25) is 19.3 Å². The third-order valence-corrected chi connectivity index (χ3v) is 6.78. The van der Waals surface area contributed by atoms with Crippen LogP contribution >= 0.6 is 0 Å². The van der Waals surface area contributed by atoms with E-state index in [1.165, 1.54) is 0 Å². The highest BCUT2D eigenvalue weighted by Crippen LogP contribution is 2.48. The molecule has 0 aromatic heterocycles. The van der Waals surface area contributed by atoms with Gasteiger partial charge in [-0.25, -0.2) is 4.79 Å². The summed E-state index contributed by atoms with van der Waals surface area (Å²) in [7, 11) is 1.70. The number of imide groups is 1. The summed E-state index contributed by atoms with van der Waals surface area (Å²) in [6.07, 6.45) is 2.63. The summed E-state index contributed by atoms with van der Waals surface area (Å²) in [6.45, 7) is 6.88. The van der Waals surface area contributed by atoms with Crippen LogP contribution < -0.4 is 0 Å². The van der Waals surface area contributed by atoms with Crippen LogP contribution in [0, 0.1) is 17.8 Å². The Hall–Kier alpha value is -2.16. The molecule has 0 saturated carbocycles. The van der Waals surface area contributed by atoms with Gasteiger partial charge in [0.05, 0.1) is 24.0 Å². The quantitative estimate of drug-likeness (QED) is 0.617. The smallest absolute Gasteiger partial charge is 0.410 e. The summed E-state index contributed by atoms with van der Waals surface area (Å²) < 4.78 is 11.1. The number of piperidine rings is 1. The number of hydrogen-bond donors (Lipinski definition) is 0. The lowest BCUT2D eigenvalue weighted by Crippen LogP contribution is -2.49. The maximum atomic E-state index is 12.9. The van der Waals surface area contributed by atoms with Gasteiger partial charge in [-0.15, -0.1) is 0 Å². The summed E-state index contributed by atoms with van der Waals surface area (Å²) in [6, 6.07) is 0. The minimum atomic E-state index is -0.558. The van der Waals surface area contributed by atoms with Crippen LogP contribution in [0.4, 0.5) is 4.79 Å². The normalized spacial score (nSPS) is 32.5. The van der Waals surface area contributed by atoms with Crippen molar-refractivity contribution in [1.82, 2.24) is 14.7 Å². The molecule has 4 rings (SSSR count). The minimum Gasteiger partial charge on any atom is -0.444 e. The van der Waals surface area contributed by atoms with Crippen LogP contribution in [-0.2, 0) is 23.9 Å². The number of hydrogen-bond acceptors (Lipinski definition) is 6. The Morgan fingerprint density at radius 2 is 1.71 bits per heavy atom. The van der Waals surface area contributed by atoms with Crippen LogP contribution in [0.5, 0.6) is 0 Å². The minimum absolute atomic E-state index is 0.129. The maximum absolute atomic E-state index is 12.9. The molecule has 9 heteroatoms. The fourth-order valence-corrected chi connectivity index (χ4v) is 5.41. The molecule has 0 unspecified atom stereocenters. The van der Waals surface area contributed by atoms with Crippen LogP contribution in [0.25, 0.3) is 0 Å². The molecule has 0 aromatic rings. The molecule has 4 aliphatic rings. The van der Waals surface area contributed by atoms with Crippen molar-refractivity contribution in [2.24, 2.45) is 17.8 Å². The molecule has 9 nitrogen and oxygen atoms in total. The first-order chi connectivity index (χ1) is 14.5. The second kappa shape index (κ2) is 8.07. The molecule has 0 radical (unpaired) electrons. The average Bonchev–Trinajstić information content (AvgIpc) is 3.37. The number of likely N-dealkylation sites (tertiary alicyclic amines) is 2. The molecule has 0 aromatic carbocycles. The van der Waals surface area contributed by atoms with Crippen LogP contribution in [0.15, 0.2) is 0 Å². The van der Waals surface area contributed by atoms with E-state index in [2.05, 4.69) is 0 Å². The number of fused-ring (bicyclic) bond motifs is 5. The first-order valence-corrected chi connectivity index (χ1v) is 11.3. The predicted molar refractivity (Wildman–Crippen MR) is 110 cm³/mol. The van der Waals surface area contributed by atoms with E-state index in [9.17, 15) is 19.2 Å². The van der Waals surface area contributed by atoms with Crippen LogP contribution in [0.3, 0.4) is 0 Å². The van der Waals surface area contributed by atoms with E-state index in [0.717, 1.165) is 30.6 Å². The van der Waals surface area contributed by atoms with Gasteiger partial charge in [0.15, 0.2) is 0 Å². The van der Waals surface area contributed by atoms with Gasteiger partial charge in [0.2, 0.25) is 17.7 Å². The molecular weight excluding hydrogens is 402 g/mol. The van der Waals surface area contributed by atoms with E-state index in [4.69, 9.17) is 9.47 Å². The number of nitrogens with zero attached hydrogens (tertiary/aromatic N) is 3. The molecule has 2 bridgehead atoms. The van der Waals surface area contributed by atoms with E-state index in [-0.39, 0.29) is 48.5 Å². The summed E-state index contributed by atoms with van der Waals surface area (Å²) >= 11 is 0. The number of amides is 4. The van der Waals surface area contributed by atoms with E-state index in [1.807, 2.05) is 20.8 Å². The lowest BCUT2D eigenvalue weighted by molar-refractivity contribution is -0.149. The molecule has 4 heterocycles. The van der Waals surface area contributed by atoms with Crippen LogP contribution in [-0.4, -0.2) is 89.6 Å². The lowest BCUT2D eigenvalue weighted by Gasteiger charge is -2.35. The fourth-order valence-electron chi connectivity index (χ4n) is 5.41. The zero-order valence-electron chi connectivity index (χ0n) is 18.8. The van der Waals surface area contributed by atoms with Gasteiger partial charge in [-0.1, -0.05) is 0 Å².